The molecule has 3 unspecified atom stereocenters. The standard InChI is InChI=1S/C14H26N2O3/c1-3-4-5-12(13(17)18)16-14(19)15-9-11-7-6-10(2)8-11/h10-12H,3-9H2,1-2H3,(H,17,18)(H2,15,16,19). The van der Waals surface area contributed by atoms with Gasteiger partial charge < -0.3 is 15.7 Å². The maximum absolute atomic E-state index is 11.7. The van der Waals surface area contributed by atoms with Gasteiger partial charge in [0, 0.05) is 6.54 Å². The van der Waals surface area contributed by atoms with Crippen LogP contribution in [-0.2, 0) is 4.79 Å². The zero-order valence-electron chi connectivity index (χ0n) is 11.9. The number of carboxylic acid groups (broad SMARTS) is 1. The number of urea groups is 1. The molecule has 5 heteroatoms. The highest BCUT2D eigenvalue weighted by molar-refractivity contribution is 5.82. The molecular weight excluding hydrogens is 244 g/mol. The van der Waals surface area contributed by atoms with E-state index in [4.69, 9.17) is 5.11 Å². The van der Waals surface area contributed by atoms with Crippen LogP contribution in [0.1, 0.15) is 52.4 Å². The van der Waals surface area contributed by atoms with Gasteiger partial charge >= 0.3 is 12.0 Å². The van der Waals surface area contributed by atoms with Crippen molar-refractivity contribution in [2.45, 2.75) is 58.4 Å². The third-order valence-electron chi connectivity index (χ3n) is 3.80. The first-order valence-electron chi connectivity index (χ1n) is 7.30. The van der Waals surface area contributed by atoms with Gasteiger partial charge in [-0.3, -0.25) is 0 Å². The van der Waals surface area contributed by atoms with Crippen molar-refractivity contribution >= 4 is 12.0 Å². The highest BCUT2D eigenvalue weighted by Gasteiger charge is 2.23. The van der Waals surface area contributed by atoms with Crippen LogP contribution in [0.2, 0.25) is 0 Å². The Hall–Kier alpha value is -1.26. The Morgan fingerprint density at radius 2 is 2.11 bits per heavy atom. The number of hydrogen-bond acceptors (Lipinski definition) is 2. The highest BCUT2D eigenvalue weighted by Crippen LogP contribution is 2.29. The lowest BCUT2D eigenvalue weighted by atomic mass is 10.1. The molecule has 0 radical (unpaired) electrons. The molecule has 1 aliphatic rings. The second kappa shape index (κ2) is 8.02. The number of amides is 2. The summed E-state index contributed by atoms with van der Waals surface area (Å²) in [5.74, 6) is 0.323. The maximum atomic E-state index is 11.7. The summed E-state index contributed by atoms with van der Waals surface area (Å²) in [6.45, 7) is 4.88. The average Bonchev–Trinajstić information content (AvgIpc) is 2.77. The van der Waals surface area contributed by atoms with Crippen LogP contribution in [0, 0.1) is 11.8 Å². The molecule has 1 aliphatic carbocycles. The average molecular weight is 270 g/mol. The van der Waals surface area contributed by atoms with Gasteiger partial charge in [0.2, 0.25) is 0 Å². The van der Waals surface area contributed by atoms with Gasteiger partial charge in [0.25, 0.3) is 0 Å². The van der Waals surface area contributed by atoms with Gasteiger partial charge in [-0.25, -0.2) is 9.59 Å². The third kappa shape index (κ3) is 5.94. The van der Waals surface area contributed by atoms with E-state index in [-0.39, 0.29) is 6.03 Å². The van der Waals surface area contributed by atoms with Crippen LogP contribution in [0.3, 0.4) is 0 Å². The molecule has 1 fully saturated rings. The van der Waals surface area contributed by atoms with Crippen LogP contribution < -0.4 is 10.6 Å². The molecule has 3 atom stereocenters. The lowest BCUT2D eigenvalue weighted by Gasteiger charge is -2.16. The van der Waals surface area contributed by atoms with Crippen molar-refractivity contribution in [1.29, 1.82) is 0 Å². The number of unbranched alkanes of at least 4 members (excludes halogenated alkanes) is 1. The van der Waals surface area contributed by atoms with Crippen molar-refractivity contribution in [3.8, 4) is 0 Å². The molecule has 1 rings (SSSR count). The Labute approximate surface area is 115 Å². The van der Waals surface area contributed by atoms with E-state index < -0.39 is 12.0 Å². The third-order valence-corrected chi connectivity index (χ3v) is 3.80. The van der Waals surface area contributed by atoms with E-state index in [1.54, 1.807) is 0 Å². The Balaban J connectivity index is 2.26. The SMILES string of the molecule is CCCCC(NC(=O)NCC1CCC(C)C1)C(=O)O. The molecule has 0 saturated heterocycles. The molecule has 19 heavy (non-hydrogen) atoms. The predicted molar refractivity (Wildman–Crippen MR) is 74.0 cm³/mol. The summed E-state index contributed by atoms with van der Waals surface area (Å²) in [4.78, 5) is 22.7. The molecule has 0 heterocycles. The lowest BCUT2D eigenvalue weighted by Crippen LogP contribution is -2.46. The fourth-order valence-electron chi connectivity index (χ4n) is 2.62. The molecule has 1 saturated carbocycles. The lowest BCUT2D eigenvalue weighted by molar-refractivity contribution is -0.139. The molecule has 0 aliphatic heterocycles. The van der Waals surface area contributed by atoms with Crippen molar-refractivity contribution in [2.24, 2.45) is 11.8 Å². The molecule has 0 spiro atoms. The van der Waals surface area contributed by atoms with Crippen molar-refractivity contribution in [1.82, 2.24) is 10.6 Å². The fraction of sp³-hybridized carbons (Fsp3) is 0.857. The van der Waals surface area contributed by atoms with Gasteiger partial charge in [0.05, 0.1) is 0 Å². The van der Waals surface area contributed by atoms with Crippen LogP contribution in [0.15, 0.2) is 0 Å². The normalized spacial score (nSPS) is 23.9. The Kier molecular flexibility index (Phi) is 6.67. The first kappa shape index (κ1) is 15.8. The Bertz CT molecular complexity index is 307. The van der Waals surface area contributed by atoms with Gasteiger partial charge in [0.1, 0.15) is 6.04 Å². The minimum atomic E-state index is -0.960. The quantitative estimate of drug-likeness (QED) is 0.664. The number of aliphatic carboxylic acids is 1. The largest absolute Gasteiger partial charge is 0.480 e. The number of carbonyl (C=O) groups is 2. The molecule has 0 aromatic carbocycles. The topological polar surface area (TPSA) is 78.4 Å². The molecule has 0 aromatic heterocycles. The van der Waals surface area contributed by atoms with Crippen molar-refractivity contribution in [2.75, 3.05) is 6.54 Å². The summed E-state index contributed by atoms with van der Waals surface area (Å²) in [5.41, 5.74) is 0. The molecule has 3 N–H and O–H groups in total. The number of nitrogens with one attached hydrogen (secondary N) is 2. The Morgan fingerprint density at radius 1 is 1.37 bits per heavy atom. The van der Waals surface area contributed by atoms with E-state index in [9.17, 15) is 9.59 Å². The maximum Gasteiger partial charge on any atom is 0.326 e. The van der Waals surface area contributed by atoms with Crippen molar-refractivity contribution < 1.29 is 14.7 Å². The number of rotatable bonds is 7. The van der Waals surface area contributed by atoms with Gasteiger partial charge in [-0.15, -0.1) is 0 Å². The van der Waals surface area contributed by atoms with Crippen LogP contribution in [-0.4, -0.2) is 29.7 Å². The van der Waals surface area contributed by atoms with Crippen molar-refractivity contribution in [3.63, 3.8) is 0 Å². The summed E-state index contributed by atoms with van der Waals surface area (Å²) in [6.07, 6.45) is 5.74. The van der Waals surface area contributed by atoms with E-state index in [2.05, 4.69) is 17.6 Å². The van der Waals surface area contributed by atoms with Gasteiger partial charge in [-0.2, -0.15) is 0 Å². The summed E-state index contributed by atoms with van der Waals surface area (Å²) >= 11 is 0. The fourth-order valence-corrected chi connectivity index (χ4v) is 2.62. The van der Waals surface area contributed by atoms with Gasteiger partial charge in [-0.05, 0) is 31.1 Å². The zero-order chi connectivity index (χ0) is 14.3. The highest BCUT2D eigenvalue weighted by atomic mass is 16.4. The molecule has 0 bridgehead atoms. The summed E-state index contributed by atoms with van der Waals surface area (Å²) in [6, 6.07) is -1.13. The zero-order valence-corrected chi connectivity index (χ0v) is 11.9. The van der Waals surface area contributed by atoms with Crippen molar-refractivity contribution in [3.05, 3.63) is 0 Å². The van der Waals surface area contributed by atoms with E-state index in [1.165, 1.54) is 6.42 Å². The first-order chi connectivity index (χ1) is 9.02. The van der Waals surface area contributed by atoms with E-state index in [0.29, 0.717) is 18.9 Å². The molecular formula is C14H26N2O3. The predicted octanol–water partition coefficient (Wildman–Crippen LogP) is 2.37. The summed E-state index contributed by atoms with van der Waals surface area (Å²) in [7, 11) is 0. The molecule has 5 nitrogen and oxygen atoms in total. The van der Waals surface area contributed by atoms with Crippen LogP contribution in [0.25, 0.3) is 0 Å². The minimum absolute atomic E-state index is 0.358. The van der Waals surface area contributed by atoms with E-state index in [0.717, 1.165) is 31.6 Å². The van der Waals surface area contributed by atoms with E-state index in [1.807, 2.05) is 6.92 Å². The minimum Gasteiger partial charge on any atom is -0.480 e. The Morgan fingerprint density at radius 3 is 2.63 bits per heavy atom. The second-order valence-corrected chi connectivity index (χ2v) is 5.67. The number of carboxylic acids is 1. The number of hydrogen-bond donors (Lipinski definition) is 3. The first-order valence-corrected chi connectivity index (χ1v) is 7.30. The van der Waals surface area contributed by atoms with Gasteiger partial charge in [0.15, 0.2) is 0 Å². The second-order valence-electron chi connectivity index (χ2n) is 5.67. The molecule has 110 valence electrons. The number of carbonyl (C=O) groups excluding carboxylic acids is 1. The molecule has 2 amide bonds. The van der Waals surface area contributed by atoms with Crippen LogP contribution >= 0.6 is 0 Å². The molecule has 0 aromatic rings. The van der Waals surface area contributed by atoms with Crippen LogP contribution in [0.4, 0.5) is 4.79 Å². The summed E-state index contributed by atoms with van der Waals surface area (Å²) in [5, 5.41) is 14.4. The monoisotopic (exact) mass is 270 g/mol. The van der Waals surface area contributed by atoms with Crippen LogP contribution in [0.5, 0.6) is 0 Å². The summed E-state index contributed by atoms with van der Waals surface area (Å²) < 4.78 is 0. The van der Waals surface area contributed by atoms with Gasteiger partial charge in [-0.1, -0.05) is 33.1 Å². The smallest absolute Gasteiger partial charge is 0.326 e. The van der Waals surface area contributed by atoms with E-state index >= 15 is 0 Å².